The van der Waals surface area contributed by atoms with Gasteiger partial charge < -0.3 is 10.1 Å². The second kappa shape index (κ2) is 7.13. The normalized spacial score (nSPS) is 16.3. The maximum absolute atomic E-state index is 13.5. The maximum Gasteiger partial charge on any atom is 0.348 e. The highest BCUT2D eigenvalue weighted by Crippen LogP contribution is 2.32. The third-order valence-electron chi connectivity index (χ3n) is 4.01. The van der Waals surface area contributed by atoms with Crippen molar-refractivity contribution in [2.45, 2.75) is 26.2 Å². The molecule has 3 rings (SSSR count). The molecule has 1 heterocycles. The SMILES string of the molecule is C[C@@H]1CCc2sc(C(=O)OCC(=O)Nc3ccccc3F)cc2C1. The van der Waals surface area contributed by atoms with Crippen molar-refractivity contribution in [3.8, 4) is 0 Å². The van der Waals surface area contributed by atoms with Gasteiger partial charge >= 0.3 is 5.97 Å². The Morgan fingerprint density at radius 1 is 1.38 bits per heavy atom. The van der Waals surface area contributed by atoms with Crippen molar-refractivity contribution in [1.29, 1.82) is 0 Å². The van der Waals surface area contributed by atoms with Gasteiger partial charge in [-0.25, -0.2) is 9.18 Å². The Hall–Kier alpha value is -2.21. The number of rotatable bonds is 4. The number of thiophene rings is 1. The van der Waals surface area contributed by atoms with Crippen LogP contribution >= 0.6 is 11.3 Å². The molecule has 0 unspecified atom stereocenters. The molecule has 1 aliphatic carbocycles. The molecule has 4 nitrogen and oxygen atoms in total. The highest BCUT2D eigenvalue weighted by atomic mass is 32.1. The van der Waals surface area contributed by atoms with Crippen LogP contribution < -0.4 is 5.32 Å². The molecule has 2 aromatic rings. The Morgan fingerprint density at radius 3 is 2.96 bits per heavy atom. The molecule has 6 heteroatoms. The fourth-order valence-corrected chi connectivity index (χ4v) is 3.86. The van der Waals surface area contributed by atoms with Gasteiger partial charge in [-0.05, 0) is 48.9 Å². The Bertz CT molecular complexity index is 771. The summed E-state index contributed by atoms with van der Waals surface area (Å²) < 4.78 is 18.5. The van der Waals surface area contributed by atoms with Crippen LogP contribution in [0.25, 0.3) is 0 Å². The highest BCUT2D eigenvalue weighted by Gasteiger charge is 2.21. The Morgan fingerprint density at radius 2 is 2.17 bits per heavy atom. The molecule has 0 fully saturated rings. The van der Waals surface area contributed by atoms with Crippen molar-refractivity contribution < 1.29 is 18.7 Å². The molecular weight excluding hydrogens is 329 g/mol. The first-order chi connectivity index (χ1) is 11.5. The number of carbonyl (C=O) groups is 2. The zero-order valence-electron chi connectivity index (χ0n) is 13.3. The lowest BCUT2D eigenvalue weighted by atomic mass is 9.90. The summed E-state index contributed by atoms with van der Waals surface area (Å²) in [6.07, 6.45) is 3.10. The molecule has 1 amide bonds. The second-order valence-corrected chi connectivity index (χ2v) is 7.15. The lowest BCUT2D eigenvalue weighted by molar-refractivity contribution is -0.119. The van der Waals surface area contributed by atoms with Crippen LogP contribution in [0.15, 0.2) is 30.3 Å². The number of fused-ring (bicyclic) bond motifs is 1. The standard InChI is InChI=1S/C18H18FNO3S/c1-11-6-7-15-12(8-11)9-16(24-15)18(22)23-10-17(21)20-14-5-3-2-4-13(14)19/h2-5,9,11H,6-8,10H2,1H3,(H,20,21)/t11-/m1/s1. The minimum atomic E-state index is -0.566. The number of carbonyl (C=O) groups excluding carboxylic acids is 2. The molecule has 0 saturated heterocycles. The van der Waals surface area contributed by atoms with Crippen LogP contribution in [0.4, 0.5) is 10.1 Å². The van der Waals surface area contributed by atoms with Gasteiger partial charge in [-0.15, -0.1) is 11.3 Å². The summed E-state index contributed by atoms with van der Waals surface area (Å²) in [6.45, 7) is 1.76. The lowest BCUT2D eigenvalue weighted by Gasteiger charge is -2.16. The van der Waals surface area contributed by atoms with E-state index in [9.17, 15) is 14.0 Å². The second-order valence-electron chi connectivity index (χ2n) is 6.01. The zero-order valence-corrected chi connectivity index (χ0v) is 14.1. The molecule has 0 aliphatic heterocycles. The smallest absolute Gasteiger partial charge is 0.348 e. The minimum absolute atomic E-state index is 0.0686. The molecule has 24 heavy (non-hydrogen) atoms. The molecule has 1 atom stereocenters. The van der Waals surface area contributed by atoms with Gasteiger partial charge in [0, 0.05) is 4.88 Å². The minimum Gasteiger partial charge on any atom is -0.451 e. The van der Waals surface area contributed by atoms with E-state index in [2.05, 4.69) is 12.2 Å². The summed E-state index contributed by atoms with van der Waals surface area (Å²) >= 11 is 1.44. The first kappa shape index (κ1) is 16.6. The van der Waals surface area contributed by atoms with E-state index in [-0.39, 0.29) is 5.69 Å². The number of esters is 1. The molecule has 1 aromatic heterocycles. The van der Waals surface area contributed by atoms with E-state index in [1.165, 1.54) is 40.0 Å². The van der Waals surface area contributed by atoms with Gasteiger partial charge in [0.15, 0.2) is 6.61 Å². The predicted molar refractivity (Wildman–Crippen MR) is 90.8 cm³/mol. The van der Waals surface area contributed by atoms with Gasteiger partial charge in [-0.3, -0.25) is 4.79 Å². The van der Waals surface area contributed by atoms with E-state index in [1.54, 1.807) is 6.07 Å². The average Bonchev–Trinajstić information content (AvgIpc) is 2.98. The van der Waals surface area contributed by atoms with Gasteiger partial charge in [0.1, 0.15) is 10.7 Å². The number of nitrogens with one attached hydrogen (secondary N) is 1. The molecule has 0 bridgehead atoms. The zero-order chi connectivity index (χ0) is 17.1. The summed E-state index contributed by atoms with van der Waals surface area (Å²) in [5.74, 6) is -0.978. The van der Waals surface area contributed by atoms with Crippen LogP contribution in [0.5, 0.6) is 0 Å². The summed E-state index contributed by atoms with van der Waals surface area (Å²) in [7, 11) is 0. The van der Waals surface area contributed by atoms with E-state index in [0.717, 1.165) is 19.3 Å². The van der Waals surface area contributed by atoms with Crippen LogP contribution in [0.3, 0.4) is 0 Å². The van der Waals surface area contributed by atoms with Crippen LogP contribution in [0, 0.1) is 11.7 Å². The number of aryl methyl sites for hydroxylation is 1. The number of anilines is 1. The third kappa shape index (κ3) is 3.82. The maximum atomic E-state index is 13.5. The van der Waals surface area contributed by atoms with E-state index in [1.807, 2.05) is 6.07 Å². The fourth-order valence-electron chi connectivity index (χ4n) is 2.76. The quantitative estimate of drug-likeness (QED) is 0.856. The summed E-state index contributed by atoms with van der Waals surface area (Å²) in [5, 5.41) is 2.38. The number of hydrogen-bond acceptors (Lipinski definition) is 4. The van der Waals surface area contributed by atoms with Gasteiger partial charge in [0.25, 0.3) is 5.91 Å². The number of para-hydroxylation sites is 1. The van der Waals surface area contributed by atoms with Crippen LogP contribution in [-0.4, -0.2) is 18.5 Å². The Balaban J connectivity index is 1.56. The first-order valence-electron chi connectivity index (χ1n) is 7.86. The highest BCUT2D eigenvalue weighted by molar-refractivity contribution is 7.14. The average molecular weight is 347 g/mol. The van der Waals surface area contributed by atoms with Crippen LogP contribution in [0.1, 0.15) is 33.5 Å². The van der Waals surface area contributed by atoms with Crippen molar-refractivity contribution in [3.63, 3.8) is 0 Å². The first-order valence-corrected chi connectivity index (χ1v) is 8.67. The third-order valence-corrected chi connectivity index (χ3v) is 5.23. The van der Waals surface area contributed by atoms with Gasteiger partial charge in [0.05, 0.1) is 5.69 Å². The lowest BCUT2D eigenvalue weighted by Crippen LogP contribution is -2.21. The van der Waals surface area contributed by atoms with Crippen molar-refractivity contribution in [3.05, 3.63) is 51.5 Å². The monoisotopic (exact) mass is 347 g/mol. The number of benzene rings is 1. The number of ether oxygens (including phenoxy) is 1. The van der Waals surface area contributed by atoms with E-state index >= 15 is 0 Å². The van der Waals surface area contributed by atoms with Crippen molar-refractivity contribution >= 4 is 28.9 Å². The molecule has 0 radical (unpaired) electrons. The van der Waals surface area contributed by atoms with E-state index in [0.29, 0.717) is 10.8 Å². The number of hydrogen-bond donors (Lipinski definition) is 1. The van der Waals surface area contributed by atoms with Gasteiger partial charge in [0.2, 0.25) is 0 Å². The van der Waals surface area contributed by atoms with Crippen molar-refractivity contribution in [1.82, 2.24) is 0 Å². The Labute approximate surface area is 143 Å². The summed E-state index contributed by atoms with van der Waals surface area (Å²) in [5.41, 5.74) is 1.28. The van der Waals surface area contributed by atoms with Gasteiger partial charge in [-0.2, -0.15) is 0 Å². The number of amides is 1. The number of halogens is 1. The largest absolute Gasteiger partial charge is 0.451 e. The summed E-state index contributed by atoms with van der Waals surface area (Å²) in [4.78, 5) is 25.6. The topological polar surface area (TPSA) is 55.4 Å². The van der Waals surface area contributed by atoms with E-state index < -0.39 is 24.3 Å². The molecule has 1 N–H and O–H groups in total. The molecular formula is C18H18FNO3S. The molecule has 0 spiro atoms. The van der Waals surface area contributed by atoms with Gasteiger partial charge in [-0.1, -0.05) is 19.1 Å². The molecule has 0 saturated carbocycles. The fraction of sp³-hybridized carbons (Fsp3) is 0.333. The van der Waals surface area contributed by atoms with Crippen molar-refractivity contribution in [2.24, 2.45) is 5.92 Å². The van der Waals surface area contributed by atoms with Crippen molar-refractivity contribution in [2.75, 3.05) is 11.9 Å². The molecule has 126 valence electrons. The molecule has 1 aliphatic rings. The van der Waals surface area contributed by atoms with E-state index in [4.69, 9.17) is 4.74 Å². The van der Waals surface area contributed by atoms with Crippen LogP contribution in [0.2, 0.25) is 0 Å². The summed E-state index contributed by atoms with van der Waals surface area (Å²) in [6, 6.07) is 7.71. The Kier molecular flexibility index (Phi) is 4.94. The molecule has 1 aromatic carbocycles. The predicted octanol–water partition coefficient (Wildman–Crippen LogP) is 3.81. The van der Waals surface area contributed by atoms with Crippen LogP contribution in [-0.2, 0) is 22.4 Å².